The third kappa shape index (κ3) is 2.15. The van der Waals surface area contributed by atoms with E-state index in [4.69, 9.17) is 0 Å². The van der Waals surface area contributed by atoms with Crippen LogP contribution >= 0.6 is 0 Å². The topological polar surface area (TPSA) is 92.5 Å². The lowest BCUT2D eigenvalue weighted by Crippen LogP contribution is -2.89. The second-order valence-corrected chi connectivity index (χ2v) is 5.72. The number of imidazole rings is 1. The molecule has 0 atom stereocenters. The number of hydrogen-bond acceptors (Lipinski definition) is 4. The van der Waals surface area contributed by atoms with Crippen molar-refractivity contribution in [3.8, 4) is 0 Å². The number of rotatable bonds is 2. The van der Waals surface area contributed by atoms with Crippen LogP contribution in [0, 0.1) is 0 Å². The van der Waals surface area contributed by atoms with Gasteiger partial charge >= 0.3 is 5.69 Å². The number of H-pyrrole nitrogens is 1. The van der Waals surface area contributed by atoms with Crippen LogP contribution in [0.1, 0.15) is 19.9 Å². The maximum Gasteiger partial charge on any atom is 0.329 e. The van der Waals surface area contributed by atoms with Crippen molar-refractivity contribution >= 4 is 17.1 Å². The Bertz CT molecular complexity index is 778. The molecule has 0 bridgehead atoms. The molecule has 1 aliphatic rings. The minimum absolute atomic E-state index is 0.0921. The maximum absolute atomic E-state index is 12.2. The zero-order valence-corrected chi connectivity index (χ0v) is 12.6. The standard InChI is InChI=1S/C13H20N6O2/c1-8(2)19-9-10(17(3)13(21)16-11(9)20)15-12(19)18-6-4-14-5-7-18/h8,14H,4-7H2,1-3H3,(H,16,20,21)/p+1. The first-order valence-electron chi connectivity index (χ1n) is 7.28. The van der Waals surface area contributed by atoms with Crippen molar-refractivity contribution < 1.29 is 5.32 Å². The van der Waals surface area contributed by atoms with Gasteiger partial charge in [-0.25, -0.2) is 4.79 Å². The van der Waals surface area contributed by atoms with Crippen LogP contribution in [-0.4, -0.2) is 45.3 Å². The highest BCUT2D eigenvalue weighted by Crippen LogP contribution is 2.23. The Morgan fingerprint density at radius 3 is 2.52 bits per heavy atom. The number of piperazine rings is 1. The molecule has 3 N–H and O–H groups in total. The summed E-state index contributed by atoms with van der Waals surface area (Å²) in [4.78, 5) is 33.1. The molecule has 0 aliphatic carbocycles. The van der Waals surface area contributed by atoms with Crippen molar-refractivity contribution in [2.24, 2.45) is 7.05 Å². The van der Waals surface area contributed by atoms with E-state index < -0.39 is 5.69 Å². The average molecular weight is 293 g/mol. The Labute approximate surface area is 121 Å². The van der Waals surface area contributed by atoms with Crippen LogP contribution < -0.4 is 21.5 Å². The van der Waals surface area contributed by atoms with Gasteiger partial charge in [0.1, 0.15) is 0 Å². The summed E-state index contributed by atoms with van der Waals surface area (Å²) in [7, 11) is 1.63. The lowest BCUT2D eigenvalue weighted by Gasteiger charge is -2.27. The van der Waals surface area contributed by atoms with E-state index in [0.717, 1.165) is 32.1 Å². The molecule has 8 heteroatoms. The van der Waals surface area contributed by atoms with E-state index in [2.05, 4.69) is 20.2 Å². The first-order chi connectivity index (χ1) is 10.0. The van der Waals surface area contributed by atoms with Gasteiger partial charge in [0.05, 0.1) is 26.2 Å². The predicted molar refractivity (Wildman–Crippen MR) is 79.9 cm³/mol. The molecule has 0 spiro atoms. The van der Waals surface area contributed by atoms with Crippen LogP contribution in [0.2, 0.25) is 0 Å². The van der Waals surface area contributed by atoms with Gasteiger partial charge in [0.25, 0.3) is 5.56 Å². The number of quaternary nitrogens is 1. The number of aromatic amines is 1. The fraction of sp³-hybridized carbons (Fsp3) is 0.615. The summed E-state index contributed by atoms with van der Waals surface area (Å²) >= 11 is 0. The molecule has 3 rings (SSSR count). The van der Waals surface area contributed by atoms with Gasteiger partial charge in [-0.2, -0.15) is 4.98 Å². The molecule has 8 nitrogen and oxygen atoms in total. The molecule has 2 aromatic rings. The molecule has 2 aromatic heterocycles. The molecule has 1 aliphatic heterocycles. The Kier molecular flexibility index (Phi) is 3.32. The van der Waals surface area contributed by atoms with Crippen molar-refractivity contribution in [3.63, 3.8) is 0 Å². The number of aryl methyl sites for hydroxylation is 1. The summed E-state index contributed by atoms with van der Waals surface area (Å²) in [6.45, 7) is 7.84. The van der Waals surface area contributed by atoms with Crippen LogP contribution in [0.3, 0.4) is 0 Å². The van der Waals surface area contributed by atoms with Gasteiger partial charge < -0.3 is 14.8 Å². The number of fused-ring (bicyclic) bond motifs is 1. The van der Waals surface area contributed by atoms with E-state index in [9.17, 15) is 9.59 Å². The first kappa shape index (κ1) is 13.9. The van der Waals surface area contributed by atoms with Crippen LogP contribution in [-0.2, 0) is 7.05 Å². The summed E-state index contributed by atoms with van der Waals surface area (Å²) in [5.41, 5.74) is 0.113. The van der Waals surface area contributed by atoms with Crippen molar-refractivity contribution in [3.05, 3.63) is 20.8 Å². The second kappa shape index (κ2) is 5.03. The van der Waals surface area contributed by atoms with Gasteiger partial charge in [-0.3, -0.25) is 14.3 Å². The zero-order chi connectivity index (χ0) is 15.1. The van der Waals surface area contributed by atoms with E-state index >= 15 is 0 Å². The van der Waals surface area contributed by atoms with Crippen molar-refractivity contribution in [1.29, 1.82) is 0 Å². The van der Waals surface area contributed by atoms with E-state index in [1.807, 2.05) is 18.4 Å². The molecule has 21 heavy (non-hydrogen) atoms. The van der Waals surface area contributed by atoms with E-state index in [1.54, 1.807) is 7.05 Å². The summed E-state index contributed by atoms with van der Waals surface area (Å²) in [6, 6.07) is 0.0921. The minimum atomic E-state index is -0.431. The highest BCUT2D eigenvalue weighted by molar-refractivity contribution is 5.74. The fourth-order valence-corrected chi connectivity index (χ4v) is 2.85. The van der Waals surface area contributed by atoms with Gasteiger partial charge in [0.2, 0.25) is 5.95 Å². The highest BCUT2D eigenvalue weighted by atomic mass is 16.2. The highest BCUT2D eigenvalue weighted by Gasteiger charge is 2.24. The fourth-order valence-electron chi connectivity index (χ4n) is 2.85. The number of nitrogens with two attached hydrogens (primary N) is 1. The zero-order valence-electron chi connectivity index (χ0n) is 12.6. The predicted octanol–water partition coefficient (Wildman–Crippen LogP) is -1.61. The molecule has 3 heterocycles. The molecule has 1 saturated heterocycles. The summed E-state index contributed by atoms with van der Waals surface area (Å²) < 4.78 is 3.33. The number of aromatic nitrogens is 4. The number of nitrogens with zero attached hydrogens (tertiary/aromatic N) is 4. The Balaban J connectivity index is 2.31. The molecule has 0 unspecified atom stereocenters. The van der Waals surface area contributed by atoms with E-state index in [-0.39, 0.29) is 11.6 Å². The number of hydrogen-bond donors (Lipinski definition) is 2. The largest absolute Gasteiger partial charge is 0.343 e. The van der Waals surface area contributed by atoms with Crippen molar-refractivity contribution in [1.82, 2.24) is 19.1 Å². The molecule has 1 fully saturated rings. The average Bonchev–Trinajstić information content (AvgIpc) is 2.87. The van der Waals surface area contributed by atoms with Crippen LogP contribution in [0.25, 0.3) is 11.2 Å². The molecule has 0 amide bonds. The van der Waals surface area contributed by atoms with Gasteiger partial charge in [0.15, 0.2) is 11.2 Å². The van der Waals surface area contributed by atoms with Crippen LogP contribution in [0.15, 0.2) is 9.59 Å². The Hall–Kier alpha value is -2.09. The summed E-state index contributed by atoms with van der Waals surface area (Å²) in [5.74, 6) is 0.778. The lowest BCUT2D eigenvalue weighted by molar-refractivity contribution is -0.655. The molecule has 0 radical (unpaired) electrons. The summed E-state index contributed by atoms with van der Waals surface area (Å²) in [5, 5.41) is 2.27. The van der Waals surface area contributed by atoms with Gasteiger partial charge in [0, 0.05) is 13.1 Å². The third-order valence-electron chi connectivity index (χ3n) is 3.94. The monoisotopic (exact) mass is 293 g/mol. The maximum atomic E-state index is 12.2. The third-order valence-corrected chi connectivity index (χ3v) is 3.94. The van der Waals surface area contributed by atoms with Gasteiger partial charge in [-0.15, -0.1) is 0 Å². The second-order valence-electron chi connectivity index (χ2n) is 5.72. The molecular weight excluding hydrogens is 272 g/mol. The normalized spacial score (nSPS) is 16.1. The molecule has 0 saturated carbocycles. The quantitative estimate of drug-likeness (QED) is 0.696. The Morgan fingerprint density at radius 1 is 1.24 bits per heavy atom. The Morgan fingerprint density at radius 2 is 1.90 bits per heavy atom. The molecular formula is C13H21N6O2+. The smallest absolute Gasteiger partial charge is 0.329 e. The molecule has 0 aromatic carbocycles. The van der Waals surface area contributed by atoms with Crippen molar-refractivity contribution in [2.75, 3.05) is 31.1 Å². The van der Waals surface area contributed by atoms with Gasteiger partial charge in [-0.1, -0.05) is 0 Å². The summed E-state index contributed by atoms with van der Waals surface area (Å²) in [6.07, 6.45) is 0. The van der Waals surface area contributed by atoms with E-state index in [0.29, 0.717) is 11.2 Å². The first-order valence-corrected chi connectivity index (χ1v) is 7.28. The van der Waals surface area contributed by atoms with Crippen LogP contribution in [0.4, 0.5) is 5.95 Å². The minimum Gasteiger partial charge on any atom is -0.343 e. The number of anilines is 1. The van der Waals surface area contributed by atoms with Gasteiger partial charge in [-0.05, 0) is 13.8 Å². The lowest BCUT2D eigenvalue weighted by atomic mass is 10.3. The van der Waals surface area contributed by atoms with Crippen LogP contribution in [0.5, 0.6) is 0 Å². The number of nitrogens with one attached hydrogen (secondary N) is 1. The molecule has 114 valence electrons. The SMILES string of the molecule is CC(C)n1c(N2CC[NH2+]CC2)nc2c1c(=O)[nH]c(=O)n2C. The van der Waals surface area contributed by atoms with Crippen molar-refractivity contribution in [2.45, 2.75) is 19.9 Å². The van der Waals surface area contributed by atoms with E-state index in [1.165, 1.54) is 4.57 Å².